The molecule has 0 bridgehead atoms. The first-order valence-corrected chi connectivity index (χ1v) is 11.7. The van der Waals surface area contributed by atoms with E-state index in [2.05, 4.69) is 20.5 Å². The predicted molar refractivity (Wildman–Crippen MR) is 129 cm³/mol. The second-order valence-electron chi connectivity index (χ2n) is 8.20. The van der Waals surface area contributed by atoms with Gasteiger partial charge < -0.3 is 11.1 Å². The number of amides is 1. The molecular formula is C24H20F3N7OS. The summed E-state index contributed by atoms with van der Waals surface area (Å²) in [5, 5.41) is 12.7. The minimum absolute atomic E-state index is 0.242. The van der Waals surface area contributed by atoms with Crippen LogP contribution in [0.3, 0.4) is 0 Å². The van der Waals surface area contributed by atoms with Gasteiger partial charge in [0.2, 0.25) is 0 Å². The van der Waals surface area contributed by atoms with E-state index in [4.69, 9.17) is 5.73 Å². The Labute approximate surface area is 207 Å². The van der Waals surface area contributed by atoms with Crippen LogP contribution in [-0.2, 0) is 7.05 Å². The molecular weight excluding hydrogens is 491 g/mol. The Morgan fingerprint density at radius 3 is 2.50 bits per heavy atom. The number of carbonyl (C=O) groups is 1. The number of nitrogens with two attached hydrogens (primary N) is 1. The molecule has 4 heterocycles. The minimum Gasteiger partial charge on any atom is -0.343 e. The number of halogens is 3. The topological polar surface area (TPSA) is 103 Å². The number of fused-ring (bicyclic) bond motifs is 1. The number of carbonyl (C=O) groups excluding carboxylic acids is 1. The average Bonchev–Trinajstić information content (AvgIpc) is 3.61. The Morgan fingerprint density at radius 2 is 1.81 bits per heavy atom. The van der Waals surface area contributed by atoms with Crippen molar-refractivity contribution in [2.24, 2.45) is 12.8 Å². The van der Waals surface area contributed by atoms with E-state index in [0.717, 1.165) is 22.5 Å². The van der Waals surface area contributed by atoms with Crippen LogP contribution in [0, 0.1) is 0 Å². The van der Waals surface area contributed by atoms with Crippen molar-refractivity contribution < 1.29 is 18.0 Å². The molecule has 0 aliphatic carbocycles. The van der Waals surface area contributed by atoms with Gasteiger partial charge in [0.25, 0.3) is 5.91 Å². The van der Waals surface area contributed by atoms with E-state index in [1.54, 1.807) is 57.4 Å². The maximum absolute atomic E-state index is 13.4. The third-order valence-electron chi connectivity index (χ3n) is 5.71. The van der Waals surface area contributed by atoms with Crippen LogP contribution in [0.1, 0.15) is 21.3 Å². The smallest absolute Gasteiger partial charge is 0.343 e. The molecule has 4 aromatic heterocycles. The summed E-state index contributed by atoms with van der Waals surface area (Å²) in [5.41, 5.74) is 9.43. The van der Waals surface area contributed by atoms with Crippen LogP contribution in [0.5, 0.6) is 0 Å². The highest BCUT2D eigenvalue weighted by Gasteiger charge is 2.43. The van der Waals surface area contributed by atoms with Crippen LogP contribution in [0.4, 0.5) is 13.2 Å². The number of thiophene rings is 1. The third kappa shape index (κ3) is 4.60. The van der Waals surface area contributed by atoms with Gasteiger partial charge in [-0.15, -0.1) is 11.3 Å². The summed E-state index contributed by atoms with van der Waals surface area (Å²) < 4.78 is 43.6. The number of nitrogens with one attached hydrogen (secondary N) is 1. The Balaban J connectivity index is 1.40. The van der Waals surface area contributed by atoms with Gasteiger partial charge in [-0.1, -0.05) is 30.3 Å². The second kappa shape index (κ2) is 9.21. The molecule has 0 fully saturated rings. The van der Waals surface area contributed by atoms with Crippen molar-refractivity contribution in [3.8, 4) is 22.3 Å². The summed E-state index contributed by atoms with van der Waals surface area (Å²) in [6.07, 6.45) is 4.07. The summed E-state index contributed by atoms with van der Waals surface area (Å²) in [6, 6.07) is 5.78. The van der Waals surface area contributed by atoms with E-state index in [-0.39, 0.29) is 10.4 Å². The number of rotatable bonds is 6. The molecule has 0 aliphatic rings. The molecule has 1 amide bonds. The number of alkyl halides is 3. The van der Waals surface area contributed by atoms with Crippen LogP contribution in [-0.4, -0.2) is 42.5 Å². The molecule has 12 heteroatoms. The zero-order valence-corrected chi connectivity index (χ0v) is 19.7. The fourth-order valence-electron chi connectivity index (χ4n) is 3.84. The van der Waals surface area contributed by atoms with Crippen LogP contribution in [0.15, 0.2) is 72.8 Å². The number of nitrogens with zero attached hydrogens (tertiary/aromatic N) is 5. The van der Waals surface area contributed by atoms with E-state index < -0.39 is 24.2 Å². The fraction of sp³-hybridized carbons (Fsp3) is 0.167. The SMILES string of the molecule is Cn1cc(-c2cnc3c(-c4csc(C(=O)N[C@H](c5ccccc5)[C@H](N)C(F)(F)F)c4)cnn3c2)cn1. The van der Waals surface area contributed by atoms with Crippen molar-refractivity contribution in [2.45, 2.75) is 18.3 Å². The molecule has 0 radical (unpaired) electrons. The molecule has 5 rings (SSSR count). The molecule has 0 saturated carbocycles. The predicted octanol–water partition coefficient (Wildman–Crippen LogP) is 4.22. The quantitative estimate of drug-likeness (QED) is 0.355. The minimum atomic E-state index is -4.69. The highest BCUT2D eigenvalue weighted by atomic mass is 32.1. The summed E-state index contributed by atoms with van der Waals surface area (Å²) in [7, 11) is 1.82. The molecule has 2 atom stereocenters. The molecule has 1 aromatic carbocycles. The Morgan fingerprint density at radius 1 is 1.06 bits per heavy atom. The average molecular weight is 512 g/mol. The highest BCUT2D eigenvalue weighted by molar-refractivity contribution is 7.12. The molecule has 3 N–H and O–H groups in total. The van der Waals surface area contributed by atoms with Crippen molar-refractivity contribution in [2.75, 3.05) is 0 Å². The molecule has 0 aliphatic heterocycles. The van der Waals surface area contributed by atoms with E-state index in [1.165, 1.54) is 12.1 Å². The van der Waals surface area contributed by atoms with Gasteiger partial charge in [-0.2, -0.15) is 23.4 Å². The summed E-state index contributed by atoms with van der Waals surface area (Å²) >= 11 is 1.11. The first-order valence-electron chi connectivity index (χ1n) is 10.8. The lowest BCUT2D eigenvalue weighted by Crippen LogP contribution is -2.49. The first kappa shape index (κ1) is 23.7. The van der Waals surface area contributed by atoms with E-state index in [1.807, 2.05) is 19.4 Å². The molecule has 184 valence electrons. The molecule has 8 nitrogen and oxygen atoms in total. The lowest BCUT2D eigenvalue weighted by Gasteiger charge is -2.27. The lowest BCUT2D eigenvalue weighted by molar-refractivity contribution is -0.153. The molecule has 36 heavy (non-hydrogen) atoms. The van der Waals surface area contributed by atoms with Gasteiger partial charge in [-0.05, 0) is 22.6 Å². The maximum Gasteiger partial charge on any atom is 0.405 e. The van der Waals surface area contributed by atoms with Crippen LogP contribution in [0.25, 0.3) is 27.9 Å². The third-order valence-corrected chi connectivity index (χ3v) is 6.64. The molecule has 0 spiro atoms. The standard InChI is InChI=1S/C24H20F3N7OS/c1-33-11-17(9-30-33)16-8-29-22-18(10-31-34(22)12-16)15-7-19(36-13-15)23(35)32-20(21(28)24(25,26)27)14-5-3-2-4-6-14/h2-13,20-21H,28H2,1H3,(H,32,35)/t20-,21+/m1/s1. The van der Waals surface area contributed by atoms with Gasteiger partial charge in [0.15, 0.2) is 5.65 Å². The second-order valence-corrected chi connectivity index (χ2v) is 9.11. The monoisotopic (exact) mass is 511 g/mol. The number of benzene rings is 1. The molecule has 0 saturated heterocycles. The zero-order chi connectivity index (χ0) is 25.4. The molecule has 5 aromatic rings. The van der Waals surface area contributed by atoms with Gasteiger partial charge in [-0.3, -0.25) is 9.48 Å². The van der Waals surface area contributed by atoms with E-state index >= 15 is 0 Å². The number of aryl methyl sites for hydroxylation is 1. The van der Waals surface area contributed by atoms with Crippen molar-refractivity contribution in [1.29, 1.82) is 0 Å². The normalized spacial score (nSPS) is 13.6. The van der Waals surface area contributed by atoms with Gasteiger partial charge in [0, 0.05) is 42.3 Å². The summed E-state index contributed by atoms with van der Waals surface area (Å²) in [4.78, 5) is 17.7. The fourth-order valence-corrected chi connectivity index (χ4v) is 4.65. The van der Waals surface area contributed by atoms with Crippen LogP contribution < -0.4 is 11.1 Å². The zero-order valence-electron chi connectivity index (χ0n) is 18.8. The molecule has 0 unspecified atom stereocenters. The first-order chi connectivity index (χ1) is 17.2. The Kier molecular flexibility index (Phi) is 6.06. The van der Waals surface area contributed by atoms with Crippen LogP contribution in [0.2, 0.25) is 0 Å². The highest BCUT2D eigenvalue weighted by Crippen LogP contribution is 2.32. The van der Waals surface area contributed by atoms with Gasteiger partial charge in [0.05, 0.1) is 23.3 Å². The number of aromatic nitrogens is 5. The van der Waals surface area contributed by atoms with Crippen molar-refractivity contribution in [1.82, 2.24) is 29.7 Å². The number of hydrogen-bond acceptors (Lipinski definition) is 6. The van der Waals surface area contributed by atoms with Gasteiger partial charge >= 0.3 is 6.18 Å². The Hall–Kier alpha value is -4.03. The summed E-state index contributed by atoms with van der Waals surface area (Å²) in [5.74, 6) is -0.650. The van der Waals surface area contributed by atoms with E-state index in [0.29, 0.717) is 16.8 Å². The Bertz CT molecular complexity index is 1520. The van der Waals surface area contributed by atoms with Crippen molar-refractivity contribution >= 4 is 22.9 Å². The van der Waals surface area contributed by atoms with Crippen molar-refractivity contribution in [3.63, 3.8) is 0 Å². The summed E-state index contributed by atoms with van der Waals surface area (Å²) in [6.45, 7) is 0. The maximum atomic E-state index is 13.4. The van der Waals surface area contributed by atoms with Gasteiger partial charge in [-0.25, -0.2) is 9.50 Å². The van der Waals surface area contributed by atoms with E-state index in [9.17, 15) is 18.0 Å². The lowest BCUT2D eigenvalue weighted by atomic mass is 9.99. The number of hydrogen-bond donors (Lipinski definition) is 2. The largest absolute Gasteiger partial charge is 0.405 e. The van der Waals surface area contributed by atoms with Crippen LogP contribution >= 0.6 is 11.3 Å². The van der Waals surface area contributed by atoms with Crippen molar-refractivity contribution in [3.05, 3.63) is 83.2 Å². The van der Waals surface area contributed by atoms with Gasteiger partial charge in [0.1, 0.15) is 6.04 Å².